The number of nitro groups is 1. The van der Waals surface area contributed by atoms with E-state index >= 15 is 0 Å². The zero-order valence-corrected chi connectivity index (χ0v) is 10.6. The van der Waals surface area contributed by atoms with Crippen LogP contribution in [0.2, 0.25) is 0 Å². The van der Waals surface area contributed by atoms with Gasteiger partial charge in [-0.2, -0.15) is 11.8 Å². The number of non-ortho nitro benzene ring substituents is 1. The number of aliphatic hydroxyl groups is 1. The highest BCUT2D eigenvalue weighted by Crippen LogP contribution is 2.20. The van der Waals surface area contributed by atoms with Crippen LogP contribution in [0.15, 0.2) is 18.2 Å². The van der Waals surface area contributed by atoms with Crippen molar-refractivity contribution in [1.29, 1.82) is 0 Å². The SMILES string of the molecule is O=[N+]([O-])c1ccc(NCCSCCCO)c(F)c1. The standard InChI is InChI=1S/C11H15FN2O3S/c12-10-8-9(14(16)17)2-3-11(10)13-4-7-18-6-1-5-15/h2-3,8,13,15H,1,4-7H2. The van der Waals surface area contributed by atoms with Crippen molar-refractivity contribution < 1.29 is 14.4 Å². The highest BCUT2D eigenvalue weighted by Gasteiger charge is 2.09. The third-order valence-electron chi connectivity index (χ3n) is 2.17. The van der Waals surface area contributed by atoms with E-state index in [9.17, 15) is 14.5 Å². The highest BCUT2D eigenvalue weighted by molar-refractivity contribution is 7.99. The molecule has 0 aliphatic carbocycles. The first kappa shape index (κ1) is 14.7. The van der Waals surface area contributed by atoms with Crippen LogP contribution in [0, 0.1) is 15.9 Å². The minimum Gasteiger partial charge on any atom is -0.396 e. The third-order valence-corrected chi connectivity index (χ3v) is 3.24. The molecule has 7 heteroatoms. The van der Waals surface area contributed by atoms with E-state index in [-0.39, 0.29) is 18.0 Å². The fourth-order valence-corrected chi connectivity index (χ4v) is 2.07. The largest absolute Gasteiger partial charge is 0.396 e. The summed E-state index contributed by atoms with van der Waals surface area (Å²) in [7, 11) is 0. The number of hydrogen-bond acceptors (Lipinski definition) is 5. The van der Waals surface area contributed by atoms with Gasteiger partial charge in [0, 0.05) is 25.0 Å². The van der Waals surface area contributed by atoms with Gasteiger partial charge in [0.25, 0.3) is 5.69 Å². The molecule has 100 valence electrons. The van der Waals surface area contributed by atoms with Crippen LogP contribution in [0.1, 0.15) is 6.42 Å². The number of rotatable bonds is 8. The lowest BCUT2D eigenvalue weighted by molar-refractivity contribution is -0.385. The maximum Gasteiger partial charge on any atom is 0.272 e. The van der Waals surface area contributed by atoms with Crippen molar-refractivity contribution in [1.82, 2.24) is 0 Å². The number of hydrogen-bond donors (Lipinski definition) is 2. The maximum absolute atomic E-state index is 13.4. The van der Waals surface area contributed by atoms with Gasteiger partial charge in [0.15, 0.2) is 5.82 Å². The van der Waals surface area contributed by atoms with Crippen LogP contribution < -0.4 is 5.32 Å². The van der Waals surface area contributed by atoms with Gasteiger partial charge in [0.1, 0.15) is 0 Å². The summed E-state index contributed by atoms with van der Waals surface area (Å²) in [6.45, 7) is 0.752. The molecule has 0 saturated heterocycles. The molecule has 0 saturated carbocycles. The van der Waals surface area contributed by atoms with E-state index in [1.54, 1.807) is 11.8 Å². The highest BCUT2D eigenvalue weighted by atomic mass is 32.2. The van der Waals surface area contributed by atoms with Gasteiger partial charge in [-0.15, -0.1) is 0 Å². The molecule has 2 N–H and O–H groups in total. The summed E-state index contributed by atoms with van der Waals surface area (Å²) in [5.74, 6) is 1.03. The molecule has 1 aromatic rings. The van der Waals surface area contributed by atoms with Gasteiger partial charge in [0.2, 0.25) is 0 Å². The van der Waals surface area contributed by atoms with Crippen molar-refractivity contribution in [2.75, 3.05) is 30.0 Å². The number of nitrogens with one attached hydrogen (secondary N) is 1. The molecule has 0 bridgehead atoms. The van der Waals surface area contributed by atoms with E-state index in [2.05, 4.69) is 5.32 Å². The summed E-state index contributed by atoms with van der Waals surface area (Å²) in [6, 6.07) is 3.54. The normalized spacial score (nSPS) is 10.3. The monoisotopic (exact) mass is 274 g/mol. The summed E-state index contributed by atoms with van der Waals surface area (Å²) in [4.78, 5) is 9.79. The zero-order valence-electron chi connectivity index (χ0n) is 9.76. The molecule has 0 spiro atoms. The Balaban J connectivity index is 2.36. The molecule has 0 heterocycles. The molecule has 5 nitrogen and oxygen atoms in total. The zero-order chi connectivity index (χ0) is 13.4. The Kier molecular flexibility index (Phi) is 6.45. The number of benzene rings is 1. The van der Waals surface area contributed by atoms with E-state index in [1.807, 2.05) is 0 Å². The minimum absolute atomic E-state index is 0.178. The van der Waals surface area contributed by atoms with E-state index in [1.165, 1.54) is 12.1 Å². The molecule has 0 fully saturated rings. The van der Waals surface area contributed by atoms with Crippen LogP contribution in [-0.4, -0.2) is 34.7 Å². The van der Waals surface area contributed by atoms with Gasteiger partial charge in [-0.05, 0) is 18.2 Å². The molecule has 1 rings (SSSR count). The molecule has 0 unspecified atom stereocenters. The Morgan fingerprint density at radius 3 is 2.83 bits per heavy atom. The molecule has 0 radical (unpaired) electrons. The molecule has 1 aromatic carbocycles. The minimum atomic E-state index is -0.627. The molecular formula is C11H15FN2O3S. The molecule has 18 heavy (non-hydrogen) atoms. The van der Waals surface area contributed by atoms with Crippen molar-refractivity contribution in [3.05, 3.63) is 34.1 Å². The number of thioether (sulfide) groups is 1. The molecule has 0 amide bonds. The Hall–Kier alpha value is -1.34. The van der Waals surface area contributed by atoms with E-state index < -0.39 is 10.7 Å². The van der Waals surface area contributed by atoms with Gasteiger partial charge < -0.3 is 10.4 Å². The van der Waals surface area contributed by atoms with Gasteiger partial charge in [-0.3, -0.25) is 10.1 Å². The second kappa shape index (κ2) is 7.88. The van der Waals surface area contributed by atoms with Crippen molar-refractivity contribution in [2.45, 2.75) is 6.42 Å². The molecular weight excluding hydrogens is 259 g/mol. The Labute approximate surface area is 109 Å². The fraction of sp³-hybridized carbons (Fsp3) is 0.455. The average molecular weight is 274 g/mol. The topological polar surface area (TPSA) is 75.4 Å². The number of aliphatic hydroxyl groups excluding tert-OH is 1. The van der Waals surface area contributed by atoms with Gasteiger partial charge in [-0.1, -0.05) is 0 Å². The fourth-order valence-electron chi connectivity index (χ4n) is 1.29. The molecule has 0 aromatic heterocycles. The van der Waals surface area contributed by atoms with Gasteiger partial charge in [0.05, 0.1) is 16.7 Å². The first-order chi connectivity index (χ1) is 8.65. The quantitative estimate of drug-likeness (QED) is 0.432. The first-order valence-corrected chi connectivity index (χ1v) is 6.67. The number of halogens is 1. The molecule has 0 aliphatic rings. The maximum atomic E-state index is 13.4. The van der Waals surface area contributed by atoms with E-state index in [0.29, 0.717) is 6.54 Å². The van der Waals surface area contributed by atoms with Crippen LogP contribution in [0.25, 0.3) is 0 Å². The Morgan fingerprint density at radius 2 is 2.22 bits per heavy atom. The average Bonchev–Trinajstić information content (AvgIpc) is 2.35. The smallest absolute Gasteiger partial charge is 0.272 e. The van der Waals surface area contributed by atoms with Crippen molar-refractivity contribution in [3.8, 4) is 0 Å². The Morgan fingerprint density at radius 1 is 1.44 bits per heavy atom. The summed E-state index contributed by atoms with van der Waals surface area (Å²) in [5.41, 5.74) is 0.0127. The van der Waals surface area contributed by atoms with Crippen molar-refractivity contribution in [3.63, 3.8) is 0 Å². The number of anilines is 1. The van der Waals surface area contributed by atoms with Crippen molar-refractivity contribution in [2.24, 2.45) is 0 Å². The van der Waals surface area contributed by atoms with Gasteiger partial charge in [-0.25, -0.2) is 4.39 Å². The van der Waals surface area contributed by atoms with Crippen molar-refractivity contribution >= 4 is 23.1 Å². The summed E-state index contributed by atoms with van der Waals surface area (Å²) in [5, 5.41) is 21.9. The number of nitro benzene ring substituents is 1. The molecule has 0 atom stereocenters. The second-order valence-electron chi connectivity index (χ2n) is 3.54. The summed E-state index contributed by atoms with van der Waals surface area (Å²) >= 11 is 1.66. The van der Waals surface area contributed by atoms with E-state index in [4.69, 9.17) is 5.11 Å². The van der Waals surface area contributed by atoms with Crippen LogP contribution >= 0.6 is 11.8 Å². The van der Waals surface area contributed by atoms with Crippen LogP contribution in [-0.2, 0) is 0 Å². The lowest BCUT2D eigenvalue weighted by Crippen LogP contribution is -2.06. The first-order valence-electron chi connectivity index (χ1n) is 5.51. The van der Waals surface area contributed by atoms with Gasteiger partial charge >= 0.3 is 0 Å². The Bertz CT molecular complexity index is 404. The summed E-state index contributed by atoms with van der Waals surface area (Å²) in [6.07, 6.45) is 0.747. The predicted molar refractivity (Wildman–Crippen MR) is 70.6 cm³/mol. The van der Waals surface area contributed by atoms with E-state index in [0.717, 1.165) is 24.0 Å². The third kappa shape index (κ3) is 4.89. The summed E-state index contributed by atoms with van der Waals surface area (Å²) < 4.78 is 13.4. The second-order valence-corrected chi connectivity index (χ2v) is 4.76. The lowest BCUT2D eigenvalue weighted by atomic mass is 10.2. The van der Waals surface area contributed by atoms with Crippen LogP contribution in [0.5, 0.6) is 0 Å². The van der Waals surface area contributed by atoms with Crippen LogP contribution in [0.4, 0.5) is 15.8 Å². The predicted octanol–water partition coefficient (Wildman–Crippen LogP) is 2.26. The molecule has 0 aliphatic heterocycles. The number of nitrogens with zero attached hydrogens (tertiary/aromatic N) is 1. The lowest BCUT2D eigenvalue weighted by Gasteiger charge is -2.07. The van der Waals surface area contributed by atoms with Crippen LogP contribution in [0.3, 0.4) is 0 Å².